The van der Waals surface area contributed by atoms with Gasteiger partial charge in [-0.05, 0) is 52.9 Å². The number of terminal acetylenes is 1. The van der Waals surface area contributed by atoms with Gasteiger partial charge in [-0.2, -0.15) is 0 Å². The Balaban J connectivity index is 3.96. The summed E-state index contributed by atoms with van der Waals surface area (Å²) in [5.41, 5.74) is -0.544. The quantitative estimate of drug-likeness (QED) is 0.259. The van der Waals surface area contributed by atoms with Gasteiger partial charge in [0.1, 0.15) is 17.9 Å². The predicted molar refractivity (Wildman–Crippen MR) is 91.3 cm³/mol. The number of aliphatic hydroxyl groups is 1. The molecule has 0 aliphatic carbocycles. The molecule has 0 saturated carbocycles. The van der Waals surface area contributed by atoms with Crippen molar-refractivity contribution in [2.75, 3.05) is 6.54 Å². The number of unbranched alkanes of at least 4 members (excludes halogenated alkanes) is 2. The first kappa shape index (κ1) is 22.2. The van der Waals surface area contributed by atoms with Crippen LogP contribution in [0.3, 0.4) is 0 Å². The van der Waals surface area contributed by atoms with Gasteiger partial charge in [0.2, 0.25) is 0 Å². The van der Waals surface area contributed by atoms with Crippen LogP contribution in [0.25, 0.3) is 0 Å². The van der Waals surface area contributed by atoms with E-state index in [2.05, 4.69) is 16.6 Å². The molecule has 0 saturated heterocycles. The molecule has 2 atom stereocenters. The molecule has 0 radical (unpaired) electrons. The summed E-state index contributed by atoms with van der Waals surface area (Å²) >= 11 is 0. The number of aliphatic carboxylic acids is 1. The van der Waals surface area contributed by atoms with E-state index in [9.17, 15) is 19.8 Å². The monoisotopic (exact) mass is 342 g/mol. The van der Waals surface area contributed by atoms with Crippen LogP contribution in [0, 0.1) is 12.3 Å². The molecule has 1 unspecified atom stereocenters. The SMILES string of the molecule is C#CCCCC(O)N[C@@H](CCCCNC(=O)OC(C)(C)C)C(=O)O. The summed E-state index contributed by atoms with van der Waals surface area (Å²) in [6.45, 7) is 5.76. The maximum atomic E-state index is 11.4. The first-order chi connectivity index (χ1) is 11.2. The molecule has 0 aliphatic rings. The lowest BCUT2D eigenvalue weighted by Crippen LogP contribution is -2.43. The van der Waals surface area contributed by atoms with Gasteiger partial charge in [-0.1, -0.05) is 0 Å². The zero-order chi connectivity index (χ0) is 18.6. The maximum Gasteiger partial charge on any atom is 0.407 e. The van der Waals surface area contributed by atoms with Crippen LogP contribution in [0.15, 0.2) is 0 Å². The molecule has 1 amide bonds. The number of alkyl carbamates (subject to hydrolysis) is 1. The number of carbonyl (C=O) groups is 2. The normalized spacial score (nSPS) is 13.6. The molecule has 0 rings (SSSR count). The van der Waals surface area contributed by atoms with Gasteiger partial charge in [-0.25, -0.2) is 4.79 Å². The highest BCUT2D eigenvalue weighted by Gasteiger charge is 2.20. The lowest BCUT2D eigenvalue weighted by atomic mass is 10.1. The Morgan fingerprint density at radius 3 is 2.42 bits per heavy atom. The minimum absolute atomic E-state index is 0.359. The lowest BCUT2D eigenvalue weighted by Gasteiger charge is -2.20. The summed E-state index contributed by atoms with van der Waals surface area (Å²) in [5.74, 6) is 1.46. The van der Waals surface area contributed by atoms with Crippen molar-refractivity contribution in [3.8, 4) is 12.3 Å². The number of hydrogen-bond acceptors (Lipinski definition) is 5. The Morgan fingerprint density at radius 2 is 1.88 bits per heavy atom. The van der Waals surface area contributed by atoms with E-state index in [1.807, 2.05) is 0 Å². The van der Waals surface area contributed by atoms with Crippen molar-refractivity contribution in [2.45, 2.75) is 77.2 Å². The molecule has 4 N–H and O–H groups in total. The molecule has 0 heterocycles. The third-order valence-corrected chi connectivity index (χ3v) is 3.08. The summed E-state index contributed by atoms with van der Waals surface area (Å²) in [6, 6.07) is -0.827. The summed E-state index contributed by atoms with van der Waals surface area (Å²) < 4.78 is 5.10. The molecule has 0 bridgehead atoms. The van der Waals surface area contributed by atoms with Crippen LogP contribution in [0.1, 0.15) is 59.3 Å². The average Bonchev–Trinajstić information content (AvgIpc) is 2.43. The molecular formula is C17H30N2O5. The standard InChI is InChI=1S/C17H30N2O5/c1-5-6-7-11-14(20)19-13(15(21)22)10-8-9-12-18-16(23)24-17(2,3)4/h1,13-14,19-20H,6-12H2,2-4H3,(H,18,23)(H,21,22)/t13-,14?/m0/s1. The fraction of sp³-hybridized carbons (Fsp3) is 0.765. The molecule has 0 aliphatic heterocycles. The van der Waals surface area contributed by atoms with Crippen molar-refractivity contribution >= 4 is 12.1 Å². The number of rotatable bonds is 11. The highest BCUT2D eigenvalue weighted by molar-refractivity contribution is 5.73. The van der Waals surface area contributed by atoms with Gasteiger partial charge in [-0.15, -0.1) is 12.3 Å². The Morgan fingerprint density at radius 1 is 1.21 bits per heavy atom. The number of amides is 1. The van der Waals surface area contributed by atoms with E-state index in [1.165, 1.54) is 0 Å². The third-order valence-electron chi connectivity index (χ3n) is 3.08. The molecule has 7 heteroatoms. The second kappa shape index (κ2) is 11.7. The fourth-order valence-corrected chi connectivity index (χ4v) is 1.97. The molecule has 0 aromatic heterocycles. The minimum Gasteiger partial charge on any atom is -0.480 e. The van der Waals surface area contributed by atoms with Crippen LogP contribution in [0.2, 0.25) is 0 Å². The second-order valence-electron chi connectivity index (χ2n) is 6.59. The van der Waals surface area contributed by atoms with E-state index >= 15 is 0 Å². The Hall–Kier alpha value is -1.78. The number of nitrogens with one attached hydrogen (secondary N) is 2. The molecule has 7 nitrogen and oxygen atoms in total. The van der Waals surface area contributed by atoms with Crippen LogP contribution >= 0.6 is 0 Å². The van der Waals surface area contributed by atoms with Crippen molar-refractivity contribution in [3.05, 3.63) is 0 Å². The largest absolute Gasteiger partial charge is 0.480 e. The molecule has 0 aromatic rings. The zero-order valence-electron chi connectivity index (χ0n) is 14.8. The summed E-state index contributed by atoms with van der Waals surface area (Å²) in [4.78, 5) is 22.6. The van der Waals surface area contributed by atoms with Gasteiger partial charge in [0.15, 0.2) is 0 Å². The first-order valence-corrected chi connectivity index (χ1v) is 8.23. The van der Waals surface area contributed by atoms with E-state index in [1.54, 1.807) is 20.8 Å². The van der Waals surface area contributed by atoms with Crippen LogP contribution < -0.4 is 10.6 Å². The molecule has 24 heavy (non-hydrogen) atoms. The summed E-state index contributed by atoms with van der Waals surface area (Å²) in [7, 11) is 0. The Bertz CT molecular complexity index is 426. The van der Waals surface area contributed by atoms with Gasteiger partial charge in [0, 0.05) is 13.0 Å². The predicted octanol–water partition coefficient (Wildman–Crippen LogP) is 1.85. The number of carboxylic acid groups (broad SMARTS) is 1. The van der Waals surface area contributed by atoms with E-state index in [0.29, 0.717) is 45.1 Å². The highest BCUT2D eigenvalue weighted by atomic mass is 16.6. The highest BCUT2D eigenvalue weighted by Crippen LogP contribution is 2.07. The summed E-state index contributed by atoms with van der Waals surface area (Å²) in [5, 5.41) is 24.2. The topological polar surface area (TPSA) is 108 Å². The lowest BCUT2D eigenvalue weighted by molar-refractivity contribution is -0.140. The van der Waals surface area contributed by atoms with E-state index in [4.69, 9.17) is 11.2 Å². The minimum atomic E-state index is -1.01. The van der Waals surface area contributed by atoms with Gasteiger partial charge in [-0.3, -0.25) is 10.1 Å². The number of carboxylic acids is 1. The number of aliphatic hydroxyl groups excluding tert-OH is 1. The van der Waals surface area contributed by atoms with Gasteiger partial charge >= 0.3 is 12.1 Å². The Kier molecular flexibility index (Phi) is 10.8. The van der Waals surface area contributed by atoms with E-state index < -0.39 is 29.9 Å². The molecular weight excluding hydrogens is 312 g/mol. The van der Waals surface area contributed by atoms with Crippen molar-refractivity contribution < 1.29 is 24.5 Å². The van der Waals surface area contributed by atoms with Crippen LogP contribution in [0.4, 0.5) is 4.79 Å². The van der Waals surface area contributed by atoms with Gasteiger partial charge < -0.3 is 20.3 Å². The van der Waals surface area contributed by atoms with Crippen molar-refractivity contribution in [2.24, 2.45) is 0 Å². The maximum absolute atomic E-state index is 11.4. The van der Waals surface area contributed by atoms with Crippen molar-refractivity contribution in [3.63, 3.8) is 0 Å². The molecule has 138 valence electrons. The van der Waals surface area contributed by atoms with Crippen molar-refractivity contribution in [1.29, 1.82) is 0 Å². The first-order valence-electron chi connectivity index (χ1n) is 8.23. The van der Waals surface area contributed by atoms with Gasteiger partial charge in [0.25, 0.3) is 0 Å². The molecule has 0 aromatic carbocycles. The molecule has 0 spiro atoms. The number of carbonyl (C=O) groups excluding carboxylic acids is 1. The van der Waals surface area contributed by atoms with Crippen molar-refractivity contribution in [1.82, 2.24) is 10.6 Å². The second-order valence-corrected chi connectivity index (χ2v) is 6.59. The molecule has 0 fully saturated rings. The van der Waals surface area contributed by atoms with Crippen LogP contribution in [0.5, 0.6) is 0 Å². The average molecular weight is 342 g/mol. The van der Waals surface area contributed by atoms with E-state index in [-0.39, 0.29) is 0 Å². The van der Waals surface area contributed by atoms with E-state index in [0.717, 1.165) is 0 Å². The number of ether oxygens (including phenoxy) is 1. The fourth-order valence-electron chi connectivity index (χ4n) is 1.97. The summed E-state index contributed by atoms with van der Waals surface area (Å²) in [6.07, 6.45) is 6.92. The Labute approximate surface area is 144 Å². The van der Waals surface area contributed by atoms with Crippen LogP contribution in [-0.2, 0) is 9.53 Å². The van der Waals surface area contributed by atoms with Gasteiger partial charge in [0.05, 0.1) is 0 Å². The smallest absolute Gasteiger partial charge is 0.407 e. The van der Waals surface area contributed by atoms with Crippen LogP contribution in [-0.4, -0.2) is 46.7 Å². The number of hydrogen-bond donors (Lipinski definition) is 4. The zero-order valence-corrected chi connectivity index (χ0v) is 14.8. The third kappa shape index (κ3) is 12.7.